The SMILES string of the molecule is O=C(NCc1ccc(F)cc1)c1cc(N2CCCCS2(=O)=O)c2cccnc2c1O. The molecule has 1 aromatic heterocycles. The van der Waals surface area contributed by atoms with Crippen LogP contribution in [0.15, 0.2) is 48.7 Å². The predicted octanol–water partition coefficient (Wildman–Crippen LogP) is 2.94. The molecule has 156 valence electrons. The summed E-state index contributed by atoms with van der Waals surface area (Å²) >= 11 is 0. The van der Waals surface area contributed by atoms with Crippen LogP contribution in [0.4, 0.5) is 10.1 Å². The van der Waals surface area contributed by atoms with Gasteiger partial charge in [-0.25, -0.2) is 12.8 Å². The molecule has 7 nitrogen and oxygen atoms in total. The van der Waals surface area contributed by atoms with Crippen molar-refractivity contribution < 1.29 is 22.7 Å². The lowest BCUT2D eigenvalue weighted by atomic mass is 10.1. The number of carbonyl (C=O) groups is 1. The Balaban J connectivity index is 1.73. The summed E-state index contributed by atoms with van der Waals surface area (Å²) in [4.78, 5) is 17.0. The Morgan fingerprint density at radius 3 is 2.70 bits per heavy atom. The van der Waals surface area contributed by atoms with Crippen molar-refractivity contribution in [2.24, 2.45) is 0 Å². The number of sulfonamides is 1. The van der Waals surface area contributed by atoms with Crippen molar-refractivity contribution in [3.8, 4) is 5.75 Å². The number of carbonyl (C=O) groups excluding carboxylic acids is 1. The van der Waals surface area contributed by atoms with E-state index in [1.807, 2.05) is 0 Å². The first-order valence-electron chi connectivity index (χ1n) is 9.50. The Hall–Kier alpha value is -3.20. The number of halogens is 1. The summed E-state index contributed by atoms with van der Waals surface area (Å²) in [5, 5.41) is 13.8. The highest BCUT2D eigenvalue weighted by molar-refractivity contribution is 7.92. The summed E-state index contributed by atoms with van der Waals surface area (Å²) < 4.78 is 39.6. The topological polar surface area (TPSA) is 99.6 Å². The lowest BCUT2D eigenvalue weighted by Crippen LogP contribution is -2.38. The Morgan fingerprint density at radius 1 is 1.20 bits per heavy atom. The highest BCUT2D eigenvalue weighted by Gasteiger charge is 2.29. The van der Waals surface area contributed by atoms with Gasteiger partial charge >= 0.3 is 0 Å². The van der Waals surface area contributed by atoms with Crippen LogP contribution < -0.4 is 9.62 Å². The Labute approximate surface area is 173 Å². The fourth-order valence-electron chi connectivity index (χ4n) is 3.53. The molecule has 2 aromatic carbocycles. The number of nitrogens with zero attached hydrogens (tertiary/aromatic N) is 2. The van der Waals surface area contributed by atoms with E-state index in [1.54, 1.807) is 24.3 Å². The van der Waals surface area contributed by atoms with Crippen LogP contribution in [0.2, 0.25) is 0 Å². The number of hydrogen-bond acceptors (Lipinski definition) is 5. The van der Waals surface area contributed by atoms with Gasteiger partial charge in [-0.3, -0.25) is 14.1 Å². The van der Waals surface area contributed by atoms with Gasteiger partial charge in [-0.15, -0.1) is 0 Å². The van der Waals surface area contributed by atoms with E-state index in [-0.39, 0.29) is 34.9 Å². The number of aromatic nitrogens is 1. The second-order valence-corrected chi connectivity index (χ2v) is 9.11. The van der Waals surface area contributed by atoms with Gasteiger partial charge in [0.15, 0.2) is 5.75 Å². The first kappa shape index (κ1) is 20.1. The van der Waals surface area contributed by atoms with E-state index in [4.69, 9.17) is 0 Å². The second kappa shape index (κ2) is 7.91. The molecule has 2 heterocycles. The summed E-state index contributed by atoms with van der Waals surface area (Å²) in [5.74, 6) is -1.25. The predicted molar refractivity (Wildman–Crippen MR) is 111 cm³/mol. The Bertz CT molecular complexity index is 1210. The largest absolute Gasteiger partial charge is 0.505 e. The maximum atomic E-state index is 13.1. The van der Waals surface area contributed by atoms with E-state index >= 15 is 0 Å². The van der Waals surface area contributed by atoms with Crippen LogP contribution in [0.5, 0.6) is 5.75 Å². The molecule has 0 bridgehead atoms. The van der Waals surface area contributed by atoms with Crippen LogP contribution in [-0.4, -0.2) is 36.7 Å². The zero-order valence-electron chi connectivity index (χ0n) is 16.0. The van der Waals surface area contributed by atoms with Crippen molar-refractivity contribution in [2.45, 2.75) is 19.4 Å². The van der Waals surface area contributed by atoms with Crippen LogP contribution in [0.1, 0.15) is 28.8 Å². The maximum Gasteiger partial charge on any atom is 0.255 e. The van der Waals surface area contributed by atoms with Gasteiger partial charge in [-0.05, 0) is 48.7 Å². The lowest BCUT2D eigenvalue weighted by Gasteiger charge is -2.29. The van der Waals surface area contributed by atoms with Crippen LogP contribution in [0.3, 0.4) is 0 Å². The van der Waals surface area contributed by atoms with Gasteiger partial charge in [0.25, 0.3) is 5.91 Å². The monoisotopic (exact) mass is 429 g/mol. The summed E-state index contributed by atoms with van der Waals surface area (Å²) in [7, 11) is -3.53. The number of benzene rings is 2. The number of phenols is 1. The van der Waals surface area contributed by atoms with Crippen molar-refractivity contribution >= 4 is 32.5 Å². The minimum atomic E-state index is -3.53. The zero-order valence-corrected chi connectivity index (χ0v) is 16.8. The van der Waals surface area contributed by atoms with Gasteiger partial charge in [-0.2, -0.15) is 0 Å². The van der Waals surface area contributed by atoms with Crippen molar-refractivity contribution in [3.63, 3.8) is 0 Å². The normalized spacial score (nSPS) is 15.8. The molecule has 1 aliphatic rings. The number of hydrogen-bond donors (Lipinski definition) is 2. The molecule has 30 heavy (non-hydrogen) atoms. The number of pyridine rings is 1. The molecule has 1 aliphatic heterocycles. The van der Waals surface area contributed by atoms with E-state index in [0.29, 0.717) is 36.0 Å². The van der Waals surface area contributed by atoms with Crippen LogP contribution in [-0.2, 0) is 16.6 Å². The second-order valence-electron chi connectivity index (χ2n) is 7.10. The molecule has 0 unspecified atom stereocenters. The molecule has 0 radical (unpaired) electrons. The number of phenolic OH excluding ortho intramolecular Hbond substituents is 1. The fraction of sp³-hybridized carbons (Fsp3) is 0.238. The minimum absolute atomic E-state index is 0.0295. The van der Waals surface area contributed by atoms with Crippen LogP contribution in [0.25, 0.3) is 10.9 Å². The smallest absolute Gasteiger partial charge is 0.255 e. The molecule has 1 amide bonds. The molecule has 0 saturated carbocycles. The van der Waals surface area contributed by atoms with Crippen molar-refractivity contribution in [1.82, 2.24) is 10.3 Å². The third kappa shape index (κ3) is 3.80. The fourth-order valence-corrected chi connectivity index (χ4v) is 5.18. The van der Waals surface area contributed by atoms with Crippen LogP contribution in [0, 0.1) is 5.82 Å². The lowest BCUT2D eigenvalue weighted by molar-refractivity contribution is 0.0948. The first-order valence-corrected chi connectivity index (χ1v) is 11.1. The van der Waals surface area contributed by atoms with E-state index < -0.39 is 15.9 Å². The van der Waals surface area contributed by atoms with Crippen LogP contribution >= 0.6 is 0 Å². The molecule has 1 fully saturated rings. The highest BCUT2D eigenvalue weighted by Crippen LogP contribution is 2.37. The van der Waals surface area contributed by atoms with Gasteiger partial charge in [0.2, 0.25) is 10.0 Å². The molecular formula is C21H20FN3O4S. The minimum Gasteiger partial charge on any atom is -0.505 e. The standard InChI is InChI=1S/C21H20FN3O4S/c22-15-7-5-14(6-8-15)13-24-21(27)17-12-18(25-10-1-2-11-30(25,28)29)16-4-3-9-23-19(16)20(17)26/h3-9,12,26H,1-2,10-11,13H2,(H,24,27). The molecule has 9 heteroatoms. The summed E-state index contributed by atoms with van der Waals surface area (Å²) in [6.07, 6.45) is 2.75. The number of amides is 1. The number of rotatable bonds is 4. The Kier molecular flexibility index (Phi) is 5.29. The van der Waals surface area contributed by atoms with E-state index in [9.17, 15) is 22.7 Å². The maximum absolute atomic E-state index is 13.1. The number of aromatic hydroxyl groups is 1. The molecular weight excluding hydrogens is 409 g/mol. The van der Waals surface area contributed by atoms with Crippen molar-refractivity contribution in [3.05, 3.63) is 65.6 Å². The molecule has 0 spiro atoms. The van der Waals surface area contributed by atoms with E-state index in [1.165, 1.54) is 28.7 Å². The zero-order chi connectivity index (χ0) is 21.3. The number of anilines is 1. The molecule has 0 atom stereocenters. The van der Waals surface area contributed by atoms with Gasteiger partial charge in [-0.1, -0.05) is 12.1 Å². The van der Waals surface area contributed by atoms with Crippen molar-refractivity contribution in [2.75, 3.05) is 16.6 Å². The van der Waals surface area contributed by atoms with Crippen molar-refractivity contribution in [1.29, 1.82) is 0 Å². The summed E-state index contributed by atoms with van der Waals surface area (Å²) in [6, 6.07) is 10.4. The molecule has 4 rings (SSSR count). The first-order chi connectivity index (χ1) is 14.4. The molecule has 1 saturated heterocycles. The number of fused-ring (bicyclic) bond motifs is 1. The average molecular weight is 429 g/mol. The number of nitrogens with one attached hydrogen (secondary N) is 1. The summed E-state index contributed by atoms with van der Waals surface area (Å²) in [5.41, 5.74) is 1.09. The van der Waals surface area contributed by atoms with Gasteiger partial charge in [0.05, 0.1) is 17.0 Å². The van der Waals surface area contributed by atoms with Gasteiger partial charge in [0, 0.05) is 24.7 Å². The Morgan fingerprint density at radius 2 is 1.97 bits per heavy atom. The quantitative estimate of drug-likeness (QED) is 0.664. The molecule has 2 N–H and O–H groups in total. The molecule has 0 aliphatic carbocycles. The van der Waals surface area contributed by atoms with Gasteiger partial charge in [0.1, 0.15) is 11.3 Å². The van der Waals surface area contributed by atoms with E-state index in [2.05, 4.69) is 10.3 Å². The van der Waals surface area contributed by atoms with Gasteiger partial charge < -0.3 is 10.4 Å². The highest BCUT2D eigenvalue weighted by atomic mass is 32.2. The average Bonchev–Trinajstić information content (AvgIpc) is 2.74. The summed E-state index contributed by atoms with van der Waals surface area (Å²) in [6.45, 7) is 0.421. The van der Waals surface area contributed by atoms with E-state index in [0.717, 1.165) is 0 Å². The third-order valence-electron chi connectivity index (χ3n) is 5.07. The third-order valence-corrected chi connectivity index (χ3v) is 6.93. The molecule has 3 aromatic rings.